The van der Waals surface area contributed by atoms with Gasteiger partial charge in [-0.05, 0) is 26.2 Å². The fourth-order valence-electron chi connectivity index (χ4n) is 0.765. The minimum absolute atomic E-state index is 0.292. The Balaban J connectivity index is 0. The van der Waals surface area contributed by atoms with Crippen molar-refractivity contribution in [1.82, 2.24) is 0 Å². The van der Waals surface area contributed by atoms with Crippen LogP contribution >= 0.6 is 0 Å². The maximum absolute atomic E-state index is 9.60. The third-order valence-corrected chi connectivity index (χ3v) is 1.60. The molecule has 0 heterocycles. The summed E-state index contributed by atoms with van der Waals surface area (Å²) in [4.78, 5) is 9.60. The van der Waals surface area contributed by atoms with E-state index in [0.29, 0.717) is 6.42 Å². The van der Waals surface area contributed by atoms with Crippen LogP contribution in [0.15, 0.2) is 24.8 Å². The number of allylic oxidation sites excluding steroid dienone is 2. The van der Waals surface area contributed by atoms with Crippen molar-refractivity contribution in [2.24, 2.45) is 0 Å². The van der Waals surface area contributed by atoms with Crippen molar-refractivity contribution >= 4 is 5.97 Å². The van der Waals surface area contributed by atoms with E-state index in [9.17, 15) is 4.79 Å². The third kappa shape index (κ3) is 19.4. The van der Waals surface area contributed by atoms with Crippen LogP contribution in [0.2, 0.25) is 0 Å². The zero-order valence-electron chi connectivity index (χ0n) is 9.65. The van der Waals surface area contributed by atoms with Gasteiger partial charge in [-0.1, -0.05) is 25.2 Å². The third-order valence-electron chi connectivity index (χ3n) is 1.60. The number of hydrogen-bond acceptors (Lipinski definition) is 2. The largest absolute Gasteiger partial charge is 0.481 e. The molecular weight excluding hydrogens is 192 g/mol. The van der Waals surface area contributed by atoms with Crippen molar-refractivity contribution in [3.8, 4) is 0 Å². The Morgan fingerprint density at radius 2 is 2.13 bits per heavy atom. The SMILES string of the molecule is C=CC(O)CCC=CC.CCCC(=O)O. The lowest BCUT2D eigenvalue weighted by molar-refractivity contribution is -0.137. The molecule has 0 aliphatic heterocycles. The monoisotopic (exact) mass is 214 g/mol. The number of carbonyl (C=O) groups is 1. The minimum Gasteiger partial charge on any atom is -0.481 e. The van der Waals surface area contributed by atoms with E-state index in [2.05, 4.69) is 6.58 Å². The molecule has 0 aromatic heterocycles. The summed E-state index contributed by atoms with van der Waals surface area (Å²) < 4.78 is 0. The number of carboxylic acids is 1. The van der Waals surface area contributed by atoms with Crippen LogP contribution < -0.4 is 0 Å². The molecule has 1 unspecified atom stereocenters. The molecule has 0 aliphatic rings. The predicted octanol–water partition coefficient (Wildman–Crippen LogP) is 2.76. The van der Waals surface area contributed by atoms with Gasteiger partial charge < -0.3 is 10.2 Å². The Bertz CT molecular complexity index is 185. The molecule has 0 spiro atoms. The fraction of sp³-hybridized carbons (Fsp3) is 0.583. The second kappa shape index (κ2) is 12.9. The molecular formula is C12H22O3. The summed E-state index contributed by atoms with van der Waals surface area (Å²) >= 11 is 0. The van der Waals surface area contributed by atoms with Gasteiger partial charge in [-0.25, -0.2) is 0 Å². The highest BCUT2D eigenvalue weighted by atomic mass is 16.4. The van der Waals surface area contributed by atoms with Crippen molar-refractivity contribution in [3.05, 3.63) is 24.8 Å². The van der Waals surface area contributed by atoms with Gasteiger partial charge >= 0.3 is 5.97 Å². The highest BCUT2D eigenvalue weighted by molar-refractivity contribution is 5.66. The average Bonchev–Trinajstić information content (AvgIpc) is 2.18. The Morgan fingerprint density at radius 3 is 2.40 bits per heavy atom. The summed E-state index contributed by atoms with van der Waals surface area (Å²) in [5.74, 6) is -0.711. The van der Waals surface area contributed by atoms with Crippen LogP contribution in [-0.4, -0.2) is 22.3 Å². The smallest absolute Gasteiger partial charge is 0.303 e. The molecule has 0 saturated heterocycles. The van der Waals surface area contributed by atoms with Gasteiger partial charge in [-0.3, -0.25) is 4.79 Å². The lowest BCUT2D eigenvalue weighted by Gasteiger charge is -1.99. The van der Waals surface area contributed by atoms with Crippen molar-refractivity contribution < 1.29 is 15.0 Å². The maximum atomic E-state index is 9.60. The highest BCUT2D eigenvalue weighted by Gasteiger charge is 1.92. The van der Waals surface area contributed by atoms with Crippen LogP contribution in [0.4, 0.5) is 0 Å². The molecule has 0 aromatic carbocycles. The first-order valence-electron chi connectivity index (χ1n) is 5.22. The molecule has 1 atom stereocenters. The molecule has 0 aromatic rings. The molecule has 0 rings (SSSR count). The zero-order valence-corrected chi connectivity index (χ0v) is 9.65. The quantitative estimate of drug-likeness (QED) is 0.668. The van der Waals surface area contributed by atoms with Gasteiger partial charge in [0, 0.05) is 6.42 Å². The van der Waals surface area contributed by atoms with E-state index in [0.717, 1.165) is 19.3 Å². The second-order valence-electron chi connectivity index (χ2n) is 3.09. The van der Waals surface area contributed by atoms with E-state index < -0.39 is 5.97 Å². The lowest BCUT2D eigenvalue weighted by atomic mass is 10.2. The van der Waals surface area contributed by atoms with Crippen LogP contribution in [0.1, 0.15) is 39.5 Å². The first kappa shape index (κ1) is 16.3. The molecule has 0 amide bonds. The van der Waals surface area contributed by atoms with Crippen LogP contribution in [-0.2, 0) is 4.79 Å². The summed E-state index contributed by atoms with van der Waals surface area (Å²) in [5, 5.41) is 16.8. The minimum atomic E-state index is -0.711. The first-order chi connectivity index (χ1) is 7.08. The molecule has 15 heavy (non-hydrogen) atoms. The van der Waals surface area contributed by atoms with E-state index in [1.807, 2.05) is 26.0 Å². The number of aliphatic hydroxyl groups excluding tert-OH is 1. The molecule has 0 aliphatic carbocycles. The number of rotatable bonds is 6. The number of aliphatic hydroxyl groups is 1. The summed E-state index contributed by atoms with van der Waals surface area (Å²) in [6.07, 6.45) is 7.99. The van der Waals surface area contributed by atoms with E-state index in [-0.39, 0.29) is 6.10 Å². The second-order valence-corrected chi connectivity index (χ2v) is 3.09. The summed E-state index contributed by atoms with van der Waals surface area (Å²) in [6, 6.07) is 0. The average molecular weight is 214 g/mol. The van der Waals surface area contributed by atoms with Crippen LogP contribution in [0.3, 0.4) is 0 Å². The molecule has 3 heteroatoms. The zero-order chi connectivity index (χ0) is 12.1. The van der Waals surface area contributed by atoms with E-state index in [1.165, 1.54) is 0 Å². The lowest BCUT2D eigenvalue weighted by Crippen LogP contribution is -1.98. The first-order valence-corrected chi connectivity index (χ1v) is 5.22. The maximum Gasteiger partial charge on any atom is 0.303 e. The van der Waals surface area contributed by atoms with E-state index >= 15 is 0 Å². The van der Waals surface area contributed by atoms with Crippen LogP contribution in [0.25, 0.3) is 0 Å². The fourth-order valence-corrected chi connectivity index (χ4v) is 0.765. The molecule has 2 N–H and O–H groups in total. The Kier molecular flexibility index (Phi) is 14.1. The van der Waals surface area contributed by atoms with Gasteiger partial charge in [0.15, 0.2) is 0 Å². The standard InChI is InChI=1S/C8H14O.C4H8O2/c1-3-5-6-7-8(9)4-2;1-2-3-4(5)6/h3-5,8-9H,2,6-7H2,1H3;2-3H2,1H3,(H,5,6). The summed E-state index contributed by atoms with van der Waals surface area (Å²) in [5.41, 5.74) is 0. The summed E-state index contributed by atoms with van der Waals surface area (Å²) in [6.45, 7) is 7.28. The van der Waals surface area contributed by atoms with Crippen molar-refractivity contribution in [3.63, 3.8) is 0 Å². The van der Waals surface area contributed by atoms with E-state index in [4.69, 9.17) is 10.2 Å². The Hall–Kier alpha value is -1.09. The molecule has 0 fully saturated rings. The van der Waals surface area contributed by atoms with E-state index in [1.54, 1.807) is 6.08 Å². The molecule has 0 radical (unpaired) electrons. The topological polar surface area (TPSA) is 57.5 Å². The Labute approximate surface area is 92.1 Å². The van der Waals surface area contributed by atoms with Crippen LogP contribution in [0.5, 0.6) is 0 Å². The van der Waals surface area contributed by atoms with Crippen molar-refractivity contribution in [1.29, 1.82) is 0 Å². The normalized spacial score (nSPS) is 11.7. The Morgan fingerprint density at radius 1 is 1.53 bits per heavy atom. The van der Waals surface area contributed by atoms with Crippen molar-refractivity contribution in [2.75, 3.05) is 0 Å². The van der Waals surface area contributed by atoms with Gasteiger partial charge in [0.25, 0.3) is 0 Å². The predicted molar refractivity (Wildman–Crippen MR) is 62.8 cm³/mol. The van der Waals surface area contributed by atoms with Gasteiger partial charge in [0.1, 0.15) is 0 Å². The van der Waals surface area contributed by atoms with Gasteiger partial charge in [-0.15, -0.1) is 6.58 Å². The molecule has 3 nitrogen and oxygen atoms in total. The van der Waals surface area contributed by atoms with Gasteiger partial charge in [-0.2, -0.15) is 0 Å². The number of hydrogen-bond donors (Lipinski definition) is 2. The molecule has 0 saturated carbocycles. The van der Waals surface area contributed by atoms with Crippen LogP contribution in [0, 0.1) is 0 Å². The molecule has 0 bridgehead atoms. The number of carboxylic acid groups (broad SMARTS) is 1. The van der Waals surface area contributed by atoms with Crippen molar-refractivity contribution in [2.45, 2.75) is 45.6 Å². The number of aliphatic carboxylic acids is 1. The summed E-state index contributed by atoms with van der Waals surface area (Å²) in [7, 11) is 0. The van der Waals surface area contributed by atoms with Gasteiger partial charge in [0.05, 0.1) is 6.10 Å². The molecule has 88 valence electrons. The highest BCUT2D eigenvalue weighted by Crippen LogP contribution is 1.97. The van der Waals surface area contributed by atoms with Gasteiger partial charge in [0.2, 0.25) is 0 Å².